The highest BCUT2D eigenvalue weighted by Crippen LogP contribution is 2.53. The Morgan fingerprint density at radius 2 is 1.68 bits per heavy atom. The molecule has 3 amide bonds. The lowest BCUT2D eigenvalue weighted by Crippen LogP contribution is -2.59. The van der Waals surface area contributed by atoms with Gasteiger partial charge in [0.1, 0.15) is 12.6 Å². The van der Waals surface area contributed by atoms with Gasteiger partial charge < -0.3 is 20.7 Å². The van der Waals surface area contributed by atoms with Crippen molar-refractivity contribution >= 4 is 17.9 Å². The molecule has 4 aliphatic carbocycles. The molecule has 0 spiro atoms. The molecule has 184 valence electrons. The summed E-state index contributed by atoms with van der Waals surface area (Å²) in [5, 5.41) is 8.86. The topological polar surface area (TPSA) is 96.5 Å². The zero-order valence-electron chi connectivity index (χ0n) is 19.8. The first-order valence-electron chi connectivity index (χ1n) is 12.7. The summed E-state index contributed by atoms with van der Waals surface area (Å²) >= 11 is 0. The number of hydrogen-bond acceptors (Lipinski definition) is 4. The molecule has 0 aromatic heterocycles. The van der Waals surface area contributed by atoms with E-state index in [4.69, 9.17) is 4.74 Å². The fraction of sp³-hybridized carbons (Fsp3) is 0.593. The SMILES string of the molecule is C=CC(=O)NCCCC[C@H](NC(=O)OCc1ccccc1)C(=O)NC1C2CC3CC(C2)CC1C3. The molecule has 3 N–H and O–H groups in total. The average molecular weight is 468 g/mol. The van der Waals surface area contributed by atoms with Gasteiger partial charge in [-0.2, -0.15) is 0 Å². The van der Waals surface area contributed by atoms with Gasteiger partial charge in [-0.05, 0) is 86.7 Å². The number of hydrogen-bond donors (Lipinski definition) is 3. The van der Waals surface area contributed by atoms with Crippen LogP contribution < -0.4 is 16.0 Å². The van der Waals surface area contributed by atoms with Gasteiger partial charge in [0, 0.05) is 12.6 Å². The van der Waals surface area contributed by atoms with Crippen LogP contribution in [0.4, 0.5) is 4.79 Å². The van der Waals surface area contributed by atoms with E-state index in [0.717, 1.165) is 17.4 Å². The fourth-order valence-corrected chi connectivity index (χ4v) is 6.36. The van der Waals surface area contributed by atoms with Gasteiger partial charge in [-0.1, -0.05) is 36.9 Å². The minimum Gasteiger partial charge on any atom is -0.445 e. The van der Waals surface area contributed by atoms with E-state index in [1.54, 1.807) is 0 Å². The summed E-state index contributed by atoms with van der Waals surface area (Å²) in [6, 6.07) is 9.03. The number of carbonyl (C=O) groups is 3. The average Bonchev–Trinajstić information content (AvgIpc) is 2.84. The summed E-state index contributed by atoms with van der Waals surface area (Å²) in [7, 11) is 0. The van der Waals surface area contributed by atoms with E-state index in [1.807, 2.05) is 30.3 Å². The van der Waals surface area contributed by atoms with Crippen LogP contribution in [0.3, 0.4) is 0 Å². The molecule has 7 nitrogen and oxygen atoms in total. The van der Waals surface area contributed by atoms with Gasteiger partial charge in [-0.15, -0.1) is 0 Å². The third kappa shape index (κ3) is 6.39. The summed E-state index contributed by atoms with van der Waals surface area (Å²) in [4.78, 5) is 37.1. The molecule has 0 saturated heterocycles. The summed E-state index contributed by atoms with van der Waals surface area (Å²) < 4.78 is 5.37. The Kier molecular flexibility index (Phi) is 8.25. The van der Waals surface area contributed by atoms with Gasteiger partial charge in [0.2, 0.25) is 11.8 Å². The van der Waals surface area contributed by atoms with Crippen LogP contribution in [-0.2, 0) is 20.9 Å². The summed E-state index contributed by atoms with van der Waals surface area (Å²) in [6.45, 7) is 4.11. The van der Waals surface area contributed by atoms with Crippen LogP contribution in [0.25, 0.3) is 0 Å². The number of ether oxygens (including phenoxy) is 1. The van der Waals surface area contributed by atoms with E-state index in [9.17, 15) is 14.4 Å². The van der Waals surface area contributed by atoms with Gasteiger partial charge in [0.25, 0.3) is 0 Å². The Morgan fingerprint density at radius 1 is 1.00 bits per heavy atom. The number of unbranched alkanes of at least 4 members (excludes halogenated alkanes) is 1. The highest BCUT2D eigenvalue weighted by atomic mass is 16.5. The Hall–Kier alpha value is -2.83. The molecule has 1 aromatic rings. The zero-order valence-corrected chi connectivity index (χ0v) is 19.8. The highest BCUT2D eigenvalue weighted by molar-refractivity contribution is 5.87. The molecule has 4 bridgehead atoms. The molecule has 34 heavy (non-hydrogen) atoms. The Balaban J connectivity index is 1.31. The van der Waals surface area contributed by atoms with Crippen LogP contribution in [0.15, 0.2) is 43.0 Å². The maximum atomic E-state index is 13.3. The number of amides is 3. The minimum absolute atomic E-state index is 0.121. The molecule has 5 rings (SSSR count). The lowest BCUT2D eigenvalue weighted by atomic mass is 9.54. The van der Waals surface area contributed by atoms with Gasteiger partial charge in [-0.25, -0.2) is 4.79 Å². The highest BCUT2D eigenvalue weighted by Gasteiger charge is 2.48. The van der Waals surface area contributed by atoms with Crippen molar-refractivity contribution in [2.24, 2.45) is 23.7 Å². The van der Waals surface area contributed by atoms with Crippen molar-refractivity contribution in [2.45, 2.75) is 70.1 Å². The van der Waals surface area contributed by atoms with Gasteiger partial charge in [0.15, 0.2) is 0 Å². The molecule has 4 fully saturated rings. The number of rotatable bonds is 11. The standard InChI is InChI=1S/C27H37N3O4/c1-2-24(31)28-11-7-6-10-23(29-27(33)34-17-18-8-4-3-5-9-18)26(32)30-25-21-13-19-12-20(15-21)16-22(25)14-19/h2-5,8-9,19-23,25H,1,6-7,10-17H2,(H,28,31)(H,29,33)(H,30,32)/t19?,20?,21?,22?,23-,25?/m0/s1. The molecule has 7 heteroatoms. The van der Waals surface area contributed by atoms with E-state index in [1.165, 1.54) is 38.2 Å². The first-order valence-corrected chi connectivity index (χ1v) is 12.7. The van der Waals surface area contributed by atoms with Crippen molar-refractivity contribution in [1.29, 1.82) is 0 Å². The van der Waals surface area contributed by atoms with Crippen LogP contribution in [0, 0.1) is 23.7 Å². The molecule has 4 saturated carbocycles. The molecule has 0 radical (unpaired) electrons. The largest absolute Gasteiger partial charge is 0.445 e. The van der Waals surface area contributed by atoms with Crippen molar-refractivity contribution in [3.05, 3.63) is 48.6 Å². The molecule has 0 aliphatic heterocycles. The van der Waals surface area contributed by atoms with Gasteiger partial charge >= 0.3 is 6.09 Å². The Morgan fingerprint density at radius 3 is 2.32 bits per heavy atom. The van der Waals surface area contributed by atoms with Crippen molar-refractivity contribution < 1.29 is 19.1 Å². The summed E-state index contributed by atoms with van der Waals surface area (Å²) in [6.07, 6.45) is 8.79. The quantitative estimate of drug-likeness (QED) is 0.342. The number of benzene rings is 1. The molecule has 4 aliphatic rings. The fourth-order valence-electron chi connectivity index (χ4n) is 6.36. The lowest BCUT2D eigenvalue weighted by Gasteiger charge is -2.54. The zero-order chi connectivity index (χ0) is 23.9. The number of carbonyl (C=O) groups excluding carboxylic acids is 3. The summed E-state index contributed by atoms with van der Waals surface area (Å²) in [5.74, 6) is 2.48. The van der Waals surface area contributed by atoms with E-state index < -0.39 is 12.1 Å². The second kappa shape index (κ2) is 11.5. The van der Waals surface area contributed by atoms with Crippen LogP contribution >= 0.6 is 0 Å². The van der Waals surface area contributed by atoms with Crippen LogP contribution in [-0.4, -0.2) is 36.5 Å². The van der Waals surface area contributed by atoms with Crippen LogP contribution in [0.2, 0.25) is 0 Å². The van der Waals surface area contributed by atoms with Crippen LogP contribution in [0.5, 0.6) is 0 Å². The van der Waals surface area contributed by atoms with E-state index in [2.05, 4.69) is 22.5 Å². The maximum Gasteiger partial charge on any atom is 0.408 e. The van der Waals surface area contributed by atoms with E-state index in [0.29, 0.717) is 37.6 Å². The summed E-state index contributed by atoms with van der Waals surface area (Å²) in [5.41, 5.74) is 0.894. The second-order valence-corrected chi connectivity index (χ2v) is 10.2. The van der Waals surface area contributed by atoms with Gasteiger partial charge in [0.05, 0.1) is 0 Å². The van der Waals surface area contributed by atoms with E-state index >= 15 is 0 Å². The first kappa shape index (κ1) is 24.3. The molecule has 1 aromatic carbocycles. The van der Waals surface area contributed by atoms with Crippen LogP contribution in [0.1, 0.15) is 56.9 Å². The van der Waals surface area contributed by atoms with Crippen molar-refractivity contribution in [1.82, 2.24) is 16.0 Å². The minimum atomic E-state index is -0.657. The van der Waals surface area contributed by atoms with E-state index in [-0.39, 0.29) is 24.5 Å². The third-order valence-corrected chi connectivity index (χ3v) is 7.76. The molecule has 0 heterocycles. The van der Waals surface area contributed by atoms with Crippen molar-refractivity contribution in [3.63, 3.8) is 0 Å². The number of nitrogens with one attached hydrogen (secondary N) is 3. The third-order valence-electron chi connectivity index (χ3n) is 7.76. The van der Waals surface area contributed by atoms with Crippen molar-refractivity contribution in [3.8, 4) is 0 Å². The Labute approximate surface area is 202 Å². The Bertz CT molecular complexity index is 844. The second-order valence-electron chi connectivity index (χ2n) is 10.2. The molecular weight excluding hydrogens is 430 g/mol. The molecule has 1 atom stereocenters. The predicted octanol–water partition coefficient (Wildman–Crippen LogP) is 3.69. The van der Waals surface area contributed by atoms with Crippen molar-refractivity contribution in [2.75, 3.05) is 6.54 Å². The lowest BCUT2D eigenvalue weighted by molar-refractivity contribution is -0.127. The maximum absolute atomic E-state index is 13.3. The molecular formula is C27H37N3O4. The normalized spacial score (nSPS) is 27.5. The predicted molar refractivity (Wildman–Crippen MR) is 130 cm³/mol. The first-order chi connectivity index (χ1) is 16.5. The smallest absolute Gasteiger partial charge is 0.408 e. The van der Waals surface area contributed by atoms with Gasteiger partial charge in [-0.3, -0.25) is 9.59 Å². The molecule has 0 unspecified atom stereocenters. The monoisotopic (exact) mass is 467 g/mol. The number of alkyl carbamates (subject to hydrolysis) is 1.